The Morgan fingerprint density at radius 2 is 2.19 bits per heavy atom. The van der Waals surface area contributed by atoms with Crippen LogP contribution in [0.25, 0.3) is 0 Å². The molecule has 0 fully saturated rings. The van der Waals surface area contributed by atoms with Crippen molar-refractivity contribution in [2.75, 3.05) is 0 Å². The number of rotatable bonds is 3. The van der Waals surface area contributed by atoms with Gasteiger partial charge < -0.3 is 4.79 Å². The monoisotopic (exact) mass is 216 g/mol. The molecule has 0 bridgehead atoms. The van der Waals surface area contributed by atoms with E-state index in [2.05, 4.69) is 19.9 Å². The maximum Gasteiger partial charge on any atom is 0.166 e. The molecule has 1 aromatic rings. The van der Waals surface area contributed by atoms with Crippen LogP contribution in [0, 0.1) is 5.92 Å². The summed E-state index contributed by atoms with van der Waals surface area (Å²) >= 11 is 0. The Morgan fingerprint density at radius 3 is 2.81 bits per heavy atom. The number of carbonyl (C=O) groups excluding carboxylic acids is 2. The van der Waals surface area contributed by atoms with Crippen LogP contribution in [0.5, 0.6) is 0 Å². The number of hydrogen-bond acceptors (Lipinski definition) is 2. The quantitative estimate of drug-likeness (QED) is 0.728. The number of aldehydes is 1. The minimum Gasteiger partial charge on any atom is -0.303 e. The lowest BCUT2D eigenvalue weighted by atomic mass is 9.98. The number of fused-ring (bicyclic) bond motifs is 1. The van der Waals surface area contributed by atoms with Gasteiger partial charge in [-0.3, -0.25) is 4.79 Å². The minimum atomic E-state index is -0.116. The van der Waals surface area contributed by atoms with E-state index >= 15 is 0 Å². The first-order valence-corrected chi connectivity index (χ1v) is 5.74. The van der Waals surface area contributed by atoms with Crippen molar-refractivity contribution in [2.45, 2.75) is 32.6 Å². The summed E-state index contributed by atoms with van der Waals surface area (Å²) in [6.07, 6.45) is 1.92. The second-order valence-corrected chi connectivity index (χ2v) is 4.74. The molecule has 0 spiro atoms. The third-order valence-corrected chi connectivity index (χ3v) is 3.28. The highest BCUT2D eigenvalue weighted by atomic mass is 16.1. The maximum absolute atomic E-state index is 12.0. The third-order valence-electron chi connectivity index (χ3n) is 3.28. The highest BCUT2D eigenvalue weighted by Gasteiger charge is 2.30. The third kappa shape index (κ3) is 1.80. The lowest BCUT2D eigenvalue weighted by Gasteiger charge is -2.06. The van der Waals surface area contributed by atoms with Gasteiger partial charge in [0.1, 0.15) is 6.29 Å². The predicted octanol–water partition coefficient (Wildman–Crippen LogP) is 2.75. The molecule has 1 aliphatic rings. The van der Waals surface area contributed by atoms with Crippen molar-refractivity contribution in [3.8, 4) is 0 Å². The molecular weight excluding hydrogens is 200 g/mol. The highest BCUT2D eigenvalue weighted by molar-refractivity contribution is 6.03. The largest absolute Gasteiger partial charge is 0.303 e. The first-order chi connectivity index (χ1) is 7.63. The molecule has 0 saturated carbocycles. The summed E-state index contributed by atoms with van der Waals surface area (Å²) in [5.74, 6) is 0.461. The van der Waals surface area contributed by atoms with Crippen molar-refractivity contribution in [2.24, 2.45) is 5.92 Å². The minimum absolute atomic E-state index is 0.116. The molecule has 1 unspecified atom stereocenters. The molecule has 0 N–H and O–H groups in total. The van der Waals surface area contributed by atoms with Gasteiger partial charge in [0.15, 0.2) is 5.78 Å². The van der Waals surface area contributed by atoms with E-state index in [-0.39, 0.29) is 11.7 Å². The molecule has 0 aromatic heterocycles. The molecule has 2 nitrogen and oxygen atoms in total. The first kappa shape index (κ1) is 11.1. The standard InChI is InChI=1S/C14H16O2/c1-9(2)10-3-4-11-7-12(5-6-15)14(16)13(11)8-10/h3-4,6,8-9,12H,5,7H2,1-2H3. The summed E-state index contributed by atoms with van der Waals surface area (Å²) in [4.78, 5) is 22.5. The van der Waals surface area contributed by atoms with Gasteiger partial charge in [0.2, 0.25) is 0 Å². The van der Waals surface area contributed by atoms with E-state index in [4.69, 9.17) is 0 Å². The van der Waals surface area contributed by atoms with Crippen LogP contribution in [0.2, 0.25) is 0 Å². The summed E-state index contributed by atoms with van der Waals surface area (Å²) in [7, 11) is 0. The maximum atomic E-state index is 12.0. The van der Waals surface area contributed by atoms with Crippen LogP contribution in [-0.4, -0.2) is 12.1 Å². The average molecular weight is 216 g/mol. The van der Waals surface area contributed by atoms with Crippen LogP contribution in [0.15, 0.2) is 18.2 Å². The van der Waals surface area contributed by atoms with Crippen LogP contribution in [0.1, 0.15) is 47.7 Å². The van der Waals surface area contributed by atoms with E-state index in [1.54, 1.807) is 0 Å². The van der Waals surface area contributed by atoms with Gasteiger partial charge in [-0.15, -0.1) is 0 Å². The van der Waals surface area contributed by atoms with Gasteiger partial charge in [0, 0.05) is 17.9 Å². The number of hydrogen-bond donors (Lipinski definition) is 0. The van der Waals surface area contributed by atoms with Gasteiger partial charge in [-0.1, -0.05) is 26.0 Å². The lowest BCUT2D eigenvalue weighted by Crippen LogP contribution is -2.09. The molecule has 0 amide bonds. The first-order valence-electron chi connectivity index (χ1n) is 5.74. The smallest absolute Gasteiger partial charge is 0.166 e. The van der Waals surface area contributed by atoms with E-state index < -0.39 is 0 Å². The molecule has 1 atom stereocenters. The fourth-order valence-electron chi connectivity index (χ4n) is 2.25. The molecule has 2 rings (SSSR count). The Hall–Kier alpha value is -1.44. The second kappa shape index (κ2) is 4.20. The second-order valence-electron chi connectivity index (χ2n) is 4.74. The Balaban J connectivity index is 2.34. The van der Waals surface area contributed by atoms with Crippen molar-refractivity contribution >= 4 is 12.1 Å². The predicted molar refractivity (Wildman–Crippen MR) is 62.7 cm³/mol. The van der Waals surface area contributed by atoms with E-state index in [0.29, 0.717) is 12.3 Å². The van der Waals surface area contributed by atoms with E-state index in [1.807, 2.05) is 12.1 Å². The fraction of sp³-hybridized carbons (Fsp3) is 0.429. The Kier molecular flexibility index (Phi) is 2.90. The van der Waals surface area contributed by atoms with Crippen molar-refractivity contribution in [3.63, 3.8) is 0 Å². The van der Waals surface area contributed by atoms with Crippen LogP contribution in [0.3, 0.4) is 0 Å². The van der Waals surface area contributed by atoms with Crippen molar-refractivity contribution in [1.82, 2.24) is 0 Å². The molecule has 0 saturated heterocycles. The fourth-order valence-corrected chi connectivity index (χ4v) is 2.25. The van der Waals surface area contributed by atoms with E-state index in [1.165, 1.54) is 5.56 Å². The zero-order valence-corrected chi connectivity index (χ0v) is 9.69. The molecule has 2 heteroatoms. The Morgan fingerprint density at radius 1 is 1.44 bits per heavy atom. The average Bonchev–Trinajstić information content (AvgIpc) is 2.56. The number of benzene rings is 1. The normalized spacial score (nSPS) is 18.9. The SMILES string of the molecule is CC(C)c1ccc2c(c1)C(=O)C(CC=O)C2. The van der Waals surface area contributed by atoms with Crippen molar-refractivity contribution < 1.29 is 9.59 Å². The lowest BCUT2D eigenvalue weighted by molar-refractivity contribution is -0.108. The molecule has 1 aromatic carbocycles. The molecule has 0 heterocycles. The van der Waals surface area contributed by atoms with Gasteiger partial charge in [0.25, 0.3) is 0 Å². The van der Waals surface area contributed by atoms with Gasteiger partial charge in [0.05, 0.1) is 0 Å². The van der Waals surface area contributed by atoms with Crippen LogP contribution in [-0.2, 0) is 11.2 Å². The summed E-state index contributed by atoms with van der Waals surface area (Å²) < 4.78 is 0. The summed E-state index contributed by atoms with van der Waals surface area (Å²) in [5, 5.41) is 0. The van der Waals surface area contributed by atoms with E-state index in [0.717, 1.165) is 23.8 Å². The summed E-state index contributed by atoms with van der Waals surface area (Å²) in [5.41, 5.74) is 3.12. The number of ketones is 1. The van der Waals surface area contributed by atoms with Crippen LogP contribution >= 0.6 is 0 Å². The van der Waals surface area contributed by atoms with Crippen molar-refractivity contribution in [1.29, 1.82) is 0 Å². The molecule has 84 valence electrons. The Bertz CT molecular complexity index is 432. The highest BCUT2D eigenvalue weighted by Crippen LogP contribution is 2.30. The van der Waals surface area contributed by atoms with Gasteiger partial charge in [-0.2, -0.15) is 0 Å². The number of carbonyl (C=O) groups is 2. The van der Waals surface area contributed by atoms with Gasteiger partial charge in [-0.05, 0) is 29.5 Å². The van der Waals surface area contributed by atoms with E-state index in [9.17, 15) is 9.59 Å². The molecule has 1 aliphatic carbocycles. The summed E-state index contributed by atoms with van der Waals surface area (Å²) in [6.45, 7) is 4.23. The molecule has 16 heavy (non-hydrogen) atoms. The van der Waals surface area contributed by atoms with Crippen LogP contribution < -0.4 is 0 Å². The Labute approximate surface area is 95.7 Å². The molecular formula is C14H16O2. The van der Waals surface area contributed by atoms with Crippen molar-refractivity contribution in [3.05, 3.63) is 34.9 Å². The number of Topliss-reactive ketones (excluding diaryl/α,β-unsaturated/α-hetero) is 1. The van der Waals surface area contributed by atoms with Gasteiger partial charge >= 0.3 is 0 Å². The van der Waals surface area contributed by atoms with Crippen LogP contribution in [0.4, 0.5) is 0 Å². The zero-order valence-electron chi connectivity index (χ0n) is 9.69. The molecule has 0 radical (unpaired) electrons. The molecule has 0 aliphatic heterocycles. The van der Waals surface area contributed by atoms with Gasteiger partial charge in [-0.25, -0.2) is 0 Å². The zero-order chi connectivity index (χ0) is 11.7. The summed E-state index contributed by atoms with van der Waals surface area (Å²) in [6, 6.07) is 6.11. The topological polar surface area (TPSA) is 34.1 Å².